The third kappa shape index (κ3) is 3.58. The predicted octanol–water partition coefficient (Wildman–Crippen LogP) is 2.36. The summed E-state index contributed by atoms with van der Waals surface area (Å²) in [6, 6.07) is 4.83. The number of carbonyl (C=O) groups is 1. The molecule has 0 saturated carbocycles. The number of pyridine rings is 1. The maximum absolute atomic E-state index is 13.2. The number of carbonyl (C=O) groups excluding carboxylic acids is 1. The Bertz CT molecular complexity index is 615. The first-order valence-electron chi connectivity index (χ1n) is 9.82. The third-order valence-corrected chi connectivity index (χ3v) is 6.14. The molecule has 4 saturated heterocycles. The first kappa shape index (κ1) is 17.0. The Kier molecular flexibility index (Phi) is 5.04. The van der Waals surface area contributed by atoms with Crippen molar-refractivity contribution < 1.29 is 9.53 Å². The molecular weight excluding hydrogens is 314 g/mol. The molecule has 136 valence electrons. The SMILES string of the molecule is CCc1cc(C(=O)N2C[C@H]3CC[C@@H]2CN(C2CCOCC2)C3)ccn1. The number of aryl methyl sites for hydroxylation is 1. The van der Waals surface area contributed by atoms with Crippen molar-refractivity contribution in [1.82, 2.24) is 14.8 Å². The maximum Gasteiger partial charge on any atom is 0.254 e. The zero-order valence-corrected chi connectivity index (χ0v) is 15.2. The van der Waals surface area contributed by atoms with Crippen molar-refractivity contribution in [2.45, 2.75) is 51.1 Å². The van der Waals surface area contributed by atoms with Gasteiger partial charge in [0.25, 0.3) is 5.91 Å². The summed E-state index contributed by atoms with van der Waals surface area (Å²) in [5.74, 6) is 0.804. The molecule has 25 heavy (non-hydrogen) atoms. The first-order valence-corrected chi connectivity index (χ1v) is 9.82. The van der Waals surface area contributed by atoms with Crippen LogP contribution in [0.3, 0.4) is 0 Å². The monoisotopic (exact) mass is 343 g/mol. The van der Waals surface area contributed by atoms with Crippen LogP contribution in [0.15, 0.2) is 18.3 Å². The molecule has 4 fully saturated rings. The van der Waals surface area contributed by atoms with Gasteiger partial charge in [-0.05, 0) is 50.2 Å². The van der Waals surface area contributed by atoms with Crippen molar-refractivity contribution in [2.24, 2.45) is 5.92 Å². The molecule has 4 aliphatic rings. The van der Waals surface area contributed by atoms with Gasteiger partial charge in [0.2, 0.25) is 0 Å². The molecule has 0 spiro atoms. The summed E-state index contributed by atoms with van der Waals surface area (Å²) >= 11 is 0. The largest absolute Gasteiger partial charge is 0.381 e. The molecule has 1 aromatic rings. The fourth-order valence-corrected chi connectivity index (χ4v) is 4.69. The molecule has 0 aliphatic carbocycles. The van der Waals surface area contributed by atoms with Crippen LogP contribution in [0.1, 0.15) is 48.7 Å². The Balaban J connectivity index is 1.50. The number of aromatic nitrogens is 1. The average Bonchev–Trinajstić information content (AvgIpc) is 3.00. The molecule has 5 nitrogen and oxygen atoms in total. The Morgan fingerprint density at radius 3 is 2.80 bits per heavy atom. The zero-order chi connectivity index (χ0) is 17.2. The Hall–Kier alpha value is -1.46. The van der Waals surface area contributed by atoms with Gasteiger partial charge < -0.3 is 9.64 Å². The van der Waals surface area contributed by atoms with E-state index in [1.807, 2.05) is 12.1 Å². The summed E-state index contributed by atoms with van der Waals surface area (Å²) in [5, 5.41) is 0. The van der Waals surface area contributed by atoms with E-state index < -0.39 is 0 Å². The summed E-state index contributed by atoms with van der Waals surface area (Å²) < 4.78 is 5.53. The highest BCUT2D eigenvalue weighted by Gasteiger charge is 2.39. The highest BCUT2D eigenvalue weighted by Crippen LogP contribution is 2.31. The Morgan fingerprint density at radius 2 is 2.00 bits per heavy atom. The van der Waals surface area contributed by atoms with E-state index in [0.29, 0.717) is 18.0 Å². The van der Waals surface area contributed by atoms with E-state index >= 15 is 0 Å². The van der Waals surface area contributed by atoms with E-state index in [4.69, 9.17) is 4.74 Å². The second-order valence-electron chi connectivity index (χ2n) is 7.74. The number of piperidine rings is 1. The van der Waals surface area contributed by atoms with Gasteiger partial charge in [-0.15, -0.1) is 0 Å². The fourth-order valence-electron chi connectivity index (χ4n) is 4.69. The summed E-state index contributed by atoms with van der Waals surface area (Å²) in [6.45, 7) is 6.93. The standard InChI is InChI=1S/C20H29N3O2/c1-2-17-11-16(5-8-21-17)20(24)23-13-15-3-4-19(23)14-22(12-15)18-6-9-25-10-7-18/h5,8,11,15,18-19H,2-4,6-7,9-10,12-14H2,1H3/t15-,19+/m0/s1. The van der Waals surface area contributed by atoms with Crippen LogP contribution >= 0.6 is 0 Å². The molecule has 0 radical (unpaired) electrons. The van der Waals surface area contributed by atoms with E-state index in [2.05, 4.69) is 21.7 Å². The van der Waals surface area contributed by atoms with Gasteiger partial charge in [0.05, 0.1) is 0 Å². The van der Waals surface area contributed by atoms with Crippen LogP contribution in [0.2, 0.25) is 0 Å². The molecule has 0 N–H and O–H groups in total. The van der Waals surface area contributed by atoms with Gasteiger partial charge >= 0.3 is 0 Å². The zero-order valence-electron chi connectivity index (χ0n) is 15.2. The van der Waals surface area contributed by atoms with Crippen molar-refractivity contribution >= 4 is 5.91 Å². The van der Waals surface area contributed by atoms with Crippen LogP contribution in [0.25, 0.3) is 0 Å². The van der Waals surface area contributed by atoms with Gasteiger partial charge in [0.1, 0.15) is 0 Å². The summed E-state index contributed by atoms with van der Waals surface area (Å²) in [4.78, 5) is 22.3. The van der Waals surface area contributed by atoms with Crippen molar-refractivity contribution in [3.8, 4) is 0 Å². The topological polar surface area (TPSA) is 45.7 Å². The van der Waals surface area contributed by atoms with Gasteiger partial charge in [-0.1, -0.05) is 6.92 Å². The lowest BCUT2D eigenvalue weighted by atomic mass is 9.94. The molecule has 1 aromatic heterocycles. The second kappa shape index (κ2) is 7.42. The van der Waals surface area contributed by atoms with Crippen molar-refractivity contribution in [3.63, 3.8) is 0 Å². The minimum Gasteiger partial charge on any atom is -0.381 e. The van der Waals surface area contributed by atoms with E-state index in [1.54, 1.807) is 6.20 Å². The van der Waals surface area contributed by atoms with Crippen LogP contribution in [-0.2, 0) is 11.2 Å². The van der Waals surface area contributed by atoms with E-state index in [1.165, 1.54) is 6.42 Å². The predicted molar refractivity (Wildman–Crippen MR) is 96.6 cm³/mol. The Labute approximate surface area is 150 Å². The van der Waals surface area contributed by atoms with Crippen molar-refractivity contribution in [3.05, 3.63) is 29.6 Å². The third-order valence-electron chi connectivity index (χ3n) is 6.14. The summed E-state index contributed by atoms with van der Waals surface area (Å²) in [6.07, 6.45) is 7.31. The van der Waals surface area contributed by atoms with Gasteiger partial charge in [-0.25, -0.2) is 0 Å². The van der Waals surface area contributed by atoms with Gasteiger partial charge in [-0.2, -0.15) is 0 Å². The molecule has 5 heterocycles. The van der Waals surface area contributed by atoms with Gasteiger partial charge in [0, 0.05) is 62.4 Å². The van der Waals surface area contributed by atoms with E-state index in [0.717, 1.165) is 69.8 Å². The molecular formula is C20H29N3O2. The van der Waals surface area contributed by atoms with Crippen LogP contribution in [0, 0.1) is 5.92 Å². The molecule has 0 unspecified atom stereocenters. The normalized spacial score (nSPS) is 28.1. The number of ether oxygens (including phenoxy) is 1. The van der Waals surface area contributed by atoms with E-state index in [9.17, 15) is 4.79 Å². The number of fused-ring (bicyclic) bond motifs is 4. The minimum absolute atomic E-state index is 0.195. The minimum atomic E-state index is 0.195. The molecule has 2 bridgehead atoms. The highest BCUT2D eigenvalue weighted by atomic mass is 16.5. The Morgan fingerprint density at radius 1 is 1.16 bits per heavy atom. The fraction of sp³-hybridized carbons (Fsp3) is 0.700. The van der Waals surface area contributed by atoms with Gasteiger partial charge in [-0.3, -0.25) is 14.7 Å². The lowest BCUT2D eigenvalue weighted by Crippen LogP contribution is -2.48. The highest BCUT2D eigenvalue weighted by molar-refractivity contribution is 5.94. The lowest BCUT2D eigenvalue weighted by Gasteiger charge is -2.37. The molecule has 2 atom stereocenters. The quantitative estimate of drug-likeness (QED) is 0.845. The number of nitrogens with zero attached hydrogens (tertiary/aromatic N) is 3. The lowest BCUT2D eigenvalue weighted by molar-refractivity contribution is 0.0304. The number of hydrogen-bond donors (Lipinski definition) is 0. The van der Waals surface area contributed by atoms with Crippen molar-refractivity contribution in [2.75, 3.05) is 32.8 Å². The molecule has 4 aliphatic heterocycles. The first-order chi connectivity index (χ1) is 12.2. The van der Waals surface area contributed by atoms with Crippen LogP contribution in [-0.4, -0.2) is 65.6 Å². The number of rotatable bonds is 3. The van der Waals surface area contributed by atoms with Crippen molar-refractivity contribution in [1.29, 1.82) is 0 Å². The molecule has 0 aromatic carbocycles. The van der Waals surface area contributed by atoms with Crippen LogP contribution < -0.4 is 0 Å². The van der Waals surface area contributed by atoms with Gasteiger partial charge in [0.15, 0.2) is 0 Å². The molecule has 5 heteroatoms. The number of hydrogen-bond acceptors (Lipinski definition) is 4. The average molecular weight is 343 g/mol. The number of amides is 1. The molecule has 5 rings (SSSR count). The smallest absolute Gasteiger partial charge is 0.254 e. The summed E-state index contributed by atoms with van der Waals surface area (Å²) in [5.41, 5.74) is 1.80. The van der Waals surface area contributed by atoms with Crippen LogP contribution in [0.5, 0.6) is 0 Å². The maximum atomic E-state index is 13.2. The molecule has 1 amide bonds. The van der Waals surface area contributed by atoms with E-state index in [-0.39, 0.29) is 5.91 Å². The second-order valence-corrected chi connectivity index (χ2v) is 7.74. The van der Waals surface area contributed by atoms with Crippen LogP contribution in [0.4, 0.5) is 0 Å². The summed E-state index contributed by atoms with van der Waals surface area (Å²) in [7, 11) is 0.